The summed E-state index contributed by atoms with van der Waals surface area (Å²) in [5.41, 5.74) is 2.27. The monoisotopic (exact) mass is 269 g/mol. The van der Waals surface area contributed by atoms with Gasteiger partial charge in [-0.15, -0.1) is 0 Å². The molecule has 104 valence electrons. The Hall–Kier alpha value is -2.01. The predicted octanol–water partition coefficient (Wildman–Crippen LogP) is 1.63. The van der Waals surface area contributed by atoms with Gasteiger partial charge in [0.15, 0.2) is 0 Å². The highest BCUT2D eigenvalue weighted by atomic mass is 15.2. The van der Waals surface area contributed by atoms with E-state index in [1.54, 1.807) is 6.20 Å². The molecular weight excluding hydrogens is 250 g/mol. The number of nitrogens with zero attached hydrogens (tertiary/aromatic N) is 4. The zero-order chi connectivity index (χ0) is 13.6. The molecule has 1 saturated heterocycles. The number of pyridine rings is 1. The number of piperidine rings is 1. The van der Waals surface area contributed by atoms with E-state index in [1.165, 1.54) is 5.69 Å². The lowest BCUT2D eigenvalue weighted by molar-refractivity contribution is 0.411. The maximum atomic E-state index is 4.10. The Kier molecular flexibility index (Phi) is 4.18. The molecule has 20 heavy (non-hydrogen) atoms. The highest BCUT2D eigenvalue weighted by Crippen LogP contribution is 2.18. The van der Waals surface area contributed by atoms with E-state index >= 15 is 0 Å². The summed E-state index contributed by atoms with van der Waals surface area (Å²) < 4.78 is 0. The van der Waals surface area contributed by atoms with Crippen molar-refractivity contribution in [1.29, 1.82) is 0 Å². The normalized spacial score (nSPS) is 16.3. The van der Waals surface area contributed by atoms with Crippen LogP contribution < -0.4 is 10.2 Å². The van der Waals surface area contributed by atoms with Gasteiger partial charge in [-0.05, 0) is 37.1 Å². The van der Waals surface area contributed by atoms with E-state index in [1.807, 2.05) is 24.5 Å². The van der Waals surface area contributed by atoms with Gasteiger partial charge in [0.25, 0.3) is 0 Å². The molecule has 2 aromatic rings. The Morgan fingerprint density at radius 3 is 2.60 bits per heavy atom. The molecule has 0 atom stereocenters. The fraction of sp³-hybridized carbons (Fsp3) is 0.400. The fourth-order valence-corrected chi connectivity index (χ4v) is 2.57. The molecule has 5 nitrogen and oxygen atoms in total. The first-order chi connectivity index (χ1) is 9.92. The topological polar surface area (TPSA) is 53.9 Å². The van der Waals surface area contributed by atoms with Crippen LogP contribution >= 0.6 is 0 Å². The minimum Gasteiger partial charge on any atom is -0.371 e. The van der Waals surface area contributed by atoms with E-state index in [0.29, 0.717) is 6.04 Å². The Morgan fingerprint density at radius 2 is 1.90 bits per heavy atom. The molecule has 0 bridgehead atoms. The summed E-state index contributed by atoms with van der Waals surface area (Å²) in [6.45, 7) is 2.97. The summed E-state index contributed by atoms with van der Waals surface area (Å²) in [5.74, 6) is 0. The minimum absolute atomic E-state index is 0.565. The van der Waals surface area contributed by atoms with Gasteiger partial charge in [0.1, 0.15) is 0 Å². The van der Waals surface area contributed by atoms with Crippen molar-refractivity contribution in [2.75, 3.05) is 18.0 Å². The summed E-state index contributed by atoms with van der Waals surface area (Å²) >= 11 is 0. The largest absolute Gasteiger partial charge is 0.371 e. The van der Waals surface area contributed by atoms with Gasteiger partial charge in [0.05, 0.1) is 5.69 Å². The second kappa shape index (κ2) is 6.43. The standard InChI is InChI=1S/C15H19N5/c1-2-14(19-18-7-1)12-17-13-5-10-20(11-6-13)15-3-8-16-9-4-15/h1-4,7-9,13,17H,5-6,10-12H2. The Morgan fingerprint density at radius 1 is 1.10 bits per heavy atom. The van der Waals surface area contributed by atoms with Crippen LogP contribution in [0.2, 0.25) is 0 Å². The van der Waals surface area contributed by atoms with Crippen molar-refractivity contribution in [3.05, 3.63) is 48.5 Å². The molecule has 0 radical (unpaired) electrons. The molecule has 0 amide bonds. The molecule has 0 spiro atoms. The summed E-state index contributed by atoms with van der Waals surface area (Å²) in [5, 5.41) is 11.6. The Bertz CT molecular complexity index is 508. The van der Waals surface area contributed by atoms with Crippen molar-refractivity contribution in [3.63, 3.8) is 0 Å². The van der Waals surface area contributed by atoms with E-state index < -0.39 is 0 Å². The molecule has 3 rings (SSSR count). The van der Waals surface area contributed by atoms with Gasteiger partial charge in [-0.2, -0.15) is 10.2 Å². The molecule has 1 aliphatic rings. The van der Waals surface area contributed by atoms with Crippen molar-refractivity contribution < 1.29 is 0 Å². The lowest BCUT2D eigenvalue weighted by atomic mass is 10.0. The number of rotatable bonds is 4. The highest BCUT2D eigenvalue weighted by molar-refractivity contribution is 5.44. The second-order valence-electron chi connectivity index (χ2n) is 5.06. The second-order valence-corrected chi connectivity index (χ2v) is 5.06. The smallest absolute Gasteiger partial charge is 0.0769 e. The van der Waals surface area contributed by atoms with Crippen molar-refractivity contribution >= 4 is 5.69 Å². The van der Waals surface area contributed by atoms with Crippen LogP contribution in [0.25, 0.3) is 0 Å². The van der Waals surface area contributed by atoms with Gasteiger partial charge in [-0.1, -0.05) is 0 Å². The quantitative estimate of drug-likeness (QED) is 0.914. The van der Waals surface area contributed by atoms with Crippen LogP contribution in [0.3, 0.4) is 0 Å². The van der Waals surface area contributed by atoms with Gasteiger partial charge >= 0.3 is 0 Å². The molecular formula is C15H19N5. The molecule has 0 aromatic carbocycles. The molecule has 0 unspecified atom stereocenters. The summed E-state index contributed by atoms with van der Waals surface area (Å²) in [7, 11) is 0. The van der Waals surface area contributed by atoms with E-state index in [9.17, 15) is 0 Å². The molecule has 2 aromatic heterocycles. The van der Waals surface area contributed by atoms with Crippen LogP contribution in [0, 0.1) is 0 Å². The number of aromatic nitrogens is 3. The van der Waals surface area contributed by atoms with Gasteiger partial charge in [-0.3, -0.25) is 4.98 Å². The molecule has 1 fully saturated rings. The Labute approximate surface area is 119 Å². The number of anilines is 1. The summed E-state index contributed by atoms with van der Waals surface area (Å²) in [6, 6.07) is 8.65. The van der Waals surface area contributed by atoms with E-state index in [2.05, 4.69) is 37.5 Å². The van der Waals surface area contributed by atoms with E-state index in [4.69, 9.17) is 0 Å². The predicted molar refractivity (Wildman–Crippen MR) is 78.3 cm³/mol. The van der Waals surface area contributed by atoms with E-state index in [0.717, 1.165) is 38.2 Å². The van der Waals surface area contributed by atoms with E-state index in [-0.39, 0.29) is 0 Å². The number of nitrogens with one attached hydrogen (secondary N) is 1. The van der Waals surface area contributed by atoms with Crippen molar-refractivity contribution in [1.82, 2.24) is 20.5 Å². The van der Waals surface area contributed by atoms with Crippen molar-refractivity contribution in [3.8, 4) is 0 Å². The van der Waals surface area contributed by atoms with Crippen LogP contribution in [0.15, 0.2) is 42.9 Å². The average Bonchev–Trinajstić information content (AvgIpc) is 2.55. The summed E-state index contributed by atoms with van der Waals surface area (Å²) in [6.07, 6.45) is 7.73. The molecule has 3 heterocycles. The zero-order valence-electron chi connectivity index (χ0n) is 11.4. The lowest BCUT2D eigenvalue weighted by Crippen LogP contribution is -2.42. The first-order valence-electron chi connectivity index (χ1n) is 7.07. The molecule has 1 N–H and O–H groups in total. The zero-order valence-corrected chi connectivity index (χ0v) is 11.4. The average molecular weight is 269 g/mol. The van der Waals surface area contributed by atoms with Gasteiger partial charge in [0, 0.05) is 50.0 Å². The maximum absolute atomic E-state index is 4.10. The molecule has 0 saturated carbocycles. The third kappa shape index (κ3) is 3.30. The molecule has 0 aliphatic carbocycles. The van der Waals surface area contributed by atoms with Crippen molar-refractivity contribution in [2.24, 2.45) is 0 Å². The van der Waals surface area contributed by atoms with Gasteiger partial charge in [0.2, 0.25) is 0 Å². The van der Waals surface area contributed by atoms with Crippen LogP contribution in [0.1, 0.15) is 18.5 Å². The molecule has 5 heteroatoms. The SMILES string of the molecule is c1cnnc(CNC2CCN(c3ccncc3)CC2)c1. The fourth-order valence-electron chi connectivity index (χ4n) is 2.57. The number of hydrogen-bond donors (Lipinski definition) is 1. The third-order valence-corrected chi connectivity index (χ3v) is 3.72. The van der Waals surface area contributed by atoms with Gasteiger partial charge < -0.3 is 10.2 Å². The Balaban J connectivity index is 1.47. The summed E-state index contributed by atoms with van der Waals surface area (Å²) in [4.78, 5) is 6.49. The van der Waals surface area contributed by atoms with Gasteiger partial charge in [-0.25, -0.2) is 0 Å². The van der Waals surface area contributed by atoms with Crippen molar-refractivity contribution in [2.45, 2.75) is 25.4 Å². The highest BCUT2D eigenvalue weighted by Gasteiger charge is 2.18. The number of hydrogen-bond acceptors (Lipinski definition) is 5. The first-order valence-corrected chi connectivity index (χ1v) is 7.07. The molecule has 1 aliphatic heterocycles. The van der Waals surface area contributed by atoms with Crippen LogP contribution in [0.5, 0.6) is 0 Å². The first kappa shape index (κ1) is 13.0. The van der Waals surface area contributed by atoms with Crippen LogP contribution in [-0.4, -0.2) is 34.3 Å². The maximum Gasteiger partial charge on any atom is 0.0769 e. The van der Waals surface area contributed by atoms with Crippen LogP contribution in [-0.2, 0) is 6.54 Å². The third-order valence-electron chi connectivity index (χ3n) is 3.72. The van der Waals surface area contributed by atoms with Crippen LogP contribution in [0.4, 0.5) is 5.69 Å². The lowest BCUT2D eigenvalue weighted by Gasteiger charge is -2.33. The minimum atomic E-state index is 0.565.